The Bertz CT molecular complexity index is 2610. The van der Waals surface area contributed by atoms with E-state index in [0.717, 1.165) is 19.1 Å². The van der Waals surface area contributed by atoms with Gasteiger partial charge in [-0.2, -0.15) is 52.7 Å². The van der Waals surface area contributed by atoms with Crippen LogP contribution in [0.25, 0.3) is 34.2 Å². The van der Waals surface area contributed by atoms with E-state index in [0.29, 0.717) is 12.1 Å². The molecule has 324 valence electrons. The summed E-state index contributed by atoms with van der Waals surface area (Å²) in [5.41, 5.74) is -8.91. The van der Waals surface area contributed by atoms with Crippen LogP contribution in [0, 0.1) is 0 Å². The Balaban J connectivity index is 0.000000141. The SMILES string of the molecule is CC1(C(F)(F)F)c2ccc(Cl)nc2-c2nc(Cl)ccc21.FC(F)(F)C1(C(F)(F)F)c2ccc(Cl)nc2-c2nc(Cl)ccc21.FC(F)(F)C1c2ccc(Cl)nc2-c2nc(Cl)ccc21. The van der Waals surface area contributed by atoms with Gasteiger partial charge < -0.3 is 0 Å². The summed E-state index contributed by atoms with van der Waals surface area (Å²) in [6, 6.07) is 13.8. The van der Waals surface area contributed by atoms with Crippen molar-refractivity contribution < 1.29 is 52.7 Å². The molecule has 0 N–H and O–H groups in total. The van der Waals surface area contributed by atoms with E-state index < -0.39 is 64.0 Å². The maximum Gasteiger partial charge on any atom is 0.411 e. The third-order valence-corrected chi connectivity index (χ3v) is 11.4. The van der Waals surface area contributed by atoms with E-state index in [1.54, 1.807) is 0 Å². The van der Waals surface area contributed by atoms with Crippen LogP contribution in [0.3, 0.4) is 0 Å². The minimum Gasteiger partial charge on any atom is -0.234 e. The maximum absolute atomic E-state index is 13.6. The molecule has 0 saturated heterocycles. The largest absolute Gasteiger partial charge is 0.411 e. The quantitative estimate of drug-likeness (QED) is 0.111. The van der Waals surface area contributed by atoms with Crippen molar-refractivity contribution in [3.8, 4) is 34.2 Å². The van der Waals surface area contributed by atoms with E-state index in [1.165, 1.54) is 48.5 Å². The molecule has 0 fully saturated rings. The molecule has 6 aromatic rings. The van der Waals surface area contributed by atoms with Crippen molar-refractivity contribution in [2.45, 2.75) is 48.4 Å². The van der Waals surface area contributed by atoms with Crippen molar-refractivity contribution in [3.63, 3.8) is 0 Å². The lowest BCUT2D eigenvalue weighted by atomic mass is 9.77. The molecule has 6 aromatic heterocycles. The molecule has 9 rings (SSSR count). The summed E-state index contributed by atoms with van der Waals surface area (Å²) in [4.78, 5) is 23.1. The molecular weight excluding hydrogens is 981 g/mol. The standard InChI is InChI=1S/C13H4Cl2F6N2.C13H7Cl2F3N2.C12H5Cl2F3N2/c14-7-3-1-5-9(22-7)10-6(2-4-8(15)23-10)11(5,12(16,17)18)13(19,20)21;1-12(13(16,17)18)6-2-4-8(14)19-10(6)11-7(12)3-5-9(15)20-11;13-7-3-1-5-9(12(15,16)17)6-2-4-8(14)19-11(6)10(5)18-7/h1-4H;2-5H,1H3;1-4,9H. The van der Waals surface area contributed by atoms with Gasteiger partial charge in [0.25, 0.3) is 0 Å². The Morgan fingerprint density at radius 3 is 0.903 bits per heavy atom. The lowest BCUT2D eigenvalue weighted by molar-refractivity contribution is -0.287. The Hall–Kier alpha value is -4.20. The van der Waals surface area contributed by atoms with Crippen molar-refractivity contribution in [1.29, 1.82) is 0 Å². The van der Waals surface area contributed by atoms with E-state index in [2.05, 4.69) is 29.9 Å². The molecule has 0 aliphatic heterocycles. The van der Waals surface area contributed by atoms with Gasteiger partial charge in [0, 0.05) is 11.1 Å². The van der Waals surface area contributed by atoms with Crippen molar-refractivity contribution in [3.05, 3.63) is 137 Å². The first-order valence-corrected chi connectivity index (χ1v) is 19.2. The highest BCUT2D eigenvalue weighted by Gasteiger charge is 2.76. The summed E-state index contributed by atoms with van der Waals surface area (Å²) >= 11 is 34.3. The van der Waals surface area contributed by atoms with Gasteiger partial charge in [-0.1, -0.05) is 106 Å². The minimum absolute atomic E-state index is 0.0409. The average Bonchev–Trinajstić information content (AvgIpc) is 3.73. The second-order valence-electron chi connectivity index (χ2n) is 13.6. The fourth-order valence-electron chi connectivity index (χ4n) is 7.50. The lowest BCUT2D eigenvalue weighted by Crippen LogP contribution is -2.53. The molecule has 0 amide bonds. The van der Waals surface area contributed by atoms with Crippen LogP contribution in [0.4, 0.5) is 52.7 Å². The zero-order valence-corrected chi connectivity index (χ0v) is 34.5. The van der Waals surface area contributed by atoms with Gasteiger partial charge >= 0.3 is 24.7 Å². The molecular formula is C38H16Cl6F12N6. The fourth-order valence-corrected chi connectivity index (χ4v) is 8.39. The molecule has 3 aliphatic carbocycles. The predicted molar refractivity (Wildman–Crippen MR) is 206 cm³/mol. The summed E-state index contributed by atoms with van der Waals surface area (Å²) in [6.45, 7) is 1.11. The molecule has 6 heterocycles. The highest BCUT2D eigenvalue weighted by molar-refractivity contribution is 6.31. The van der Waals surface area contributed by atoms with Gasteiger partial charge in [-0.15, -0.1) is 0 Å². The van der Waals surface area contributed by atoms with E-state index in [-0.39, 0.29) is 75.9 Å². The zero-order valence-electron chi connectivity index (χ0n) is 30.0. The van der Waals surface area contributed by atoms with Crippen LogP contribution in [-0.4, -0.2) is 54.6 Å². The number of rotatable bonds is 0. The van der Waals surface area contributed by atoms with Crippen LogP contribution in [-0.2, 0) is 10.8 Å². The second kappa shape index (κ2) is 15.5. The van der Waals surface area contributed by atoms with Crippen molar-refractivity contribution >= 4 is 69.6 Å². The summed E-state index contributed by atoms with van der Waals surface area (Å²) in [5, 5.41) is -0.0392. The van der Waals surface area contributed by atoms with Crippen LogP contribution >= 0.6 is 69.6 Å². The first kappa shape index (κ1) is 45.8. The summed E-state index contributed by atoms with van der Waals surface area (Å²) in [6.07, 6.45) is -20.2. The maximum atomic E-state index is 13.6. The van der Waals surface area contributed by atoms with Gasteiger partial charge in [-0.3, -0.25) is 0 Å². The number of hydrogen-bond donors (Lipinski definition) is 0. The van der Waals surface area contributed by atoms with Gasteiger partial charge in [0.2, 0.25) is 5.41 Å². The molecule has 0 bridgehead atoms. The summed E-state index contributed by atoms with van der Waals surface area (Å²) in [5.74, 6) is -1.73. The van der Waals surface area contributed by atoms with Gasteiger partial charge in [0.05, 0.1) is 34.2 Å². The fraction of sp³-hybridized carbons (Fsp3) is 0.211. The minimum atomic E-state index is -5.66. The molecule has 62 heavy (non-hydrogen) atoms. The molecule has 24 heteroatoms. The number of halogens is 18. The Morgan fingerprint density at radius 2 is 0.629 bits per heavy atom. The molecule has 0 saturated carbocycles. The molecule has 0 atom stereocenters. The van der Waals surface area contributed by atoms with E-state index in [4.69, 9.17) is 69.6 Å². The number of nitrogens with zero attached hydrogens (tertiary/aromatic N) is 6. The highest BCUT2D eigenvalue weighted by Crippen LogP contribution is 2.63. The first-order valence-electron chi connectivity index (χ1n) is 16.9. The number of pyridine rings is 6. The normalized spacial score (nSPS) is 15.5. The Labute approximate surface area is 370 Å². The van der Waals surface area contributed by atoms with E-state index in [1.807, 2.05) is 0 Å². The first-order chi connectivity index (χ1) is 28.6. The molecule has 3 aliphatic rings. The number of fused-ring (bicyclic) bond motifs is 9. The number of alkyl halides is 12. The predicted octanol–water partition coefficient (Wildman–Crippen LogP) is 14.3. The molecule has 0 spiro atoms. The monoisotopic (exact) mass is 994 g/mol. The van der Waals surface area contributed by atoms with Crippen LogP contribution < -0.4 is 0 Å². The Morgan fingerprint density at radius 1 is 0.371 bits per heavy atom. The van der Waals surface area contributed by atoms with Crippen LogP contribution in [0.1, 0.15) is 46.2 Å². The summed E-state index contributed by atoms with van der Waals surface area (Å²) < 4.78 is 162. The topological polar surface area (TPSA) is 77.3 Å². The van der Waals surface area contributed by atoms with Gasteiger partial charge in [-0.05, 0) is 65.6 Å². The van der Waals surface area contributed by atoms with Crippen molar-refractivity contribution in [2.24, 2.45) is 0 Å². The van der Waals surface area contributed by atoms with E-state index in [9.17, 15) is 52.7 Å². The van der Waals surface area contributed by atoms with Gasteiger partial charge in [0.15, 0.2) is 0 Å². The van der Waals surface area contributed by atoms with Gasteiger partial charge in [-0.25, -0.2) is 29.9 Å². The van der Waals surface area contributed by atoms with Crippen LogP contribution in [0.5, 0.6) is 0 Å². The van der Waals surface area contributed by atoms with Crippen molar-refractivity contribution in [1.82, 2.24) is 29.9 Å². The van der Waals surface area contributed by atoms with Crippen LogP contribution in [0.15, 0.2) is 72.8 Å². The van der Waals surface area contributed by atoms with Crippen molar-refractivity contribution in [2.75, 3.05) is 0 Å². The molecule has 0 radical (unpaired) electrons. The average molecular weight is 997 g/mol. The summed E-state index contributed by atoms with van der Waals surface area (Å²) in [7, 11) is 0. The van der Waals surface area contributed by atoms with E-state index >= 15 is 0 Å². The lowest BCUT2D eigenvalue weighted by Gasteiger charge is -2.35. The zero-order chi connectivity index (χ0) is 45.7. The number of aromatic nitrogens is 6. The molecule has 0 aromatic carbocycles. The smallest absolute Gasteiger partial charge is 0.234 e. The number of hydrogen-bond acceptors (Lipinski definition) is 6. The second-order valence-corrected chi connectivity index (χ2v) is 15.9. The third-order valence-electron chi connectivity index (χ3n) is 10.2. The van der Waals surface area contributed by atoms with Gasteiger partial charge in [0.1, 0.15) is 42.3 Å². The van der Waals surface area contributed by atoms with Crippen LogP contribution in [0.2, 0.25) is 30.9 Å². The Kier molecular flexibility index (Phi) is 11.5. The highest BCUT2D eigenvalue weighted by atomic mass is 35.5. The molecule has 0 unspecified atom stereocenters. The third kappa shape index (κ3) is 7.37. The molecule has 6 nitrogen and oxygen atoms in total.